The van der Waals surface area contributed by atoms with Crippen molar-refractivity contribution in [1.82, 2.24) is 15.8 Å². The van der Waals surface area contributed by atoms with Gasteiger partial charge in [0.2, 0.25) is 0 Å². The molecule has 9 heteroatoms. The second-order valence-electron chi connectivity index (χ2n) is 5.06. The van der Waals surface area contributed by atoms with E-state index in [4.69, 9.17) is 11.6 Å². The lowest BCUT2D eigenvalue weighted by Gasteiger charge is -2.07. The number of rotatable bonds is 3. The molecule has 6 nitrogen and oxygen atoms in total. The van der Waals surface area contributed by atoms with Crippen molar-refractivity contribution in [2.45, 2.75) is 0 Å². The molecule has 24 heavy (non-hydrogen) atoms. The first kappa shape index (κ1) is 16.7. The van der Waals surface area contributed by atoms with Crippen LogP contribution in [0.4, 0.5) is 5.13 Å². The van der Waals surface area contributed by atoms with E-state index < -0.39 is 11.8 Å². The van der Waals surface area contributed by atoms with Gasteiger partial charge in [0.25, 0.3) is 11.8 Å². The number of thiazole rings is 1. The maximum Gasteiger partial charge on any atom is 0.279 e. The van der Waals surface area contributed by atoms with Gasteiger partial charge in [-0.2, -0.15) is 0 Å². The first-order valence-electron chi connectivity index (χ1n) is 6.88. The van der Waals surface area contributed by atoms with E-state index in [9.17, 15) is 9.59 Å². The normalized spacial score (nSPS) is 10.6. The highest BCUT2D eigenvalue weighted by atomic mass is 35.5. The van der Waals surface area contributed by atoms with E-state index >= 15 is 0 Å². The van der Waals surface area contributed by atoms with E-state index in [0.717, 1.165) is 14.7 Å². The smallest absolute Gasteiger partial charge is 0.279 e. The number of amides is 2. The summed E-state index contributed by atoms with van der Waals surface area (Å²) in [5.41, 5.74) is 5.05. The molecule has 2 heterocycles. The van der Waals surface area contributed by atoms with Crippen molar-refractivity contribution in [1.29, 1.82) is 0 Å². The second-order valence-corrected chi connectivity index (χ2v) is 7.51. The number of hydrogen-bond acceptors (Lipinski definition) is 6. The Morgan fingerprint density at radius 1 is 1.12 bits per heavy atom. The standard InChI is InChI=1S/C15H13ClN4O2S2/c1-20(2)15-17-14-11(24-15)7-10(23-14)13(22)19-18-12(21)8-5-3-4-6-9(8)16/h3-7H,1-2H3,(H,18,21)(H,19,22). The highest BCUT2D eigenvalue weighted by Gasteiger charge is 2.16. The molecule has 2 amide bonds. The fourth-order valence-electron chi connectivity index (χ4n) is 1.91. The molecule has 0 saturated heterocycles. The summed E-state index contributed by atoms with van der Waals surface area (Å²) in [5.74, 6) is -0.864. The number of hydrogen-bond donors (Lipinski definition) is 2. The number of thiophene rings is 1. The maximum absolute atomic E-state index is 12.2. The largest absolute Gasteiger partial charge is 0.354 e. The average molecular weight is 381 g/mol. The number of nitrogens with zero attached hydrogens (tertiary/aromatic N) is 2. The van der Waals surface area contributed by atoms with Crippen LogP contribution >= 0.6 is 34.3 Å². The maximum atomic E-state index is 12.2. The number of nitrogens with one attached hydrogen (secondary N) is 2. The molecule has 0 saturated carbocycles. The Kier molecular flexibility index (Phi) is 4.70. The Morgan fingerprint density at radius 3 is 2.50 bits per heavy atom. The summed E-state index contributed by atoms with van der Waals surface area (Å²) < 4.78 is 0.936. The predicted molar refractivity (Wildman–Crippen MR) is 98.2 cm³/mol. The Balaban J connectivity index is 1.68. The van der Waals surface area contributed by atoms with Crippen LogP contribution < -0.4 is 15.8 Å². The van der Waals surface area contributed by atoms with Crippen LogP contribution in [0.2, 0.25) is 5.02 Å². The molecule has 0 spiro atoms. The van der Waals surface area contributed by atoms with Gasteiger partial charge in [0, 0.05) is 14.1 Å². The topological polar surface area (TPSA) is 74.3 Å². The van der Waals surface area contributed by atoms with Crippen LogP contribution in [0.3, 0.4) is 0 Å². The minimum atomic E-state index is -0.472. The molecular weight excluding hydrogens is 368 g/mol. The SMILES string of the molecule is CN(C)c1nc2sc(C(=O)NNC(=O)c3ccccc3Cl)cc2s1. The lowest BCUT2D eigenvalue weighted by Crippen LogP contribution is -2.41. The number of anilines is 1. The van der Waals surface area contributed by atoms with Gasteiger partial charge in [-0.05, 0) is 18.2 Å². The van der Waals surface area contributed by atoms with Crippen molar-refractivity contribution >= 4 is 60.8 Å². The van der Waals surface area contributed by atoms with Gasteiger partial charge in [0.05, 0.1) is 20.2 Å². The highest BCUT2D eigenvalue weighted by molar-refractivity contribution is 7.29. The number of halogens is 1. The summed E-state index contributed by atoms with van der Waals surface area (Å²) >= 11 is 8.73. The van der Waals surface area contributed by atoms with Gasteiger partial charge in [-0.1, -0.05) is 35.1 Å². The molecule has 0 bridgehead atoms. The Hall–Kier alpha value is -2.16. The summed E-state index contributed by atoms with van der Waals surface area (Å²) in [6.07, 6.45) is 0. The Bertz CT molecular complexity index is 888. The monoisotopic (exact) mass is 380 g/mol. The summed E-state index contributed by atoms with van der Waals surface area (Å²) in [5, 5.41) is 1.21. The van der Waals surface area contributed by atoms with Gasteiger partial charge in [0.15, 0.2) is 5.13 Å². The molecule has 2 aromatic heterocycles. The van der Waals surface area contributed by atoms with Crippen molar-refractivity contribution in [2.75, 3.05) is 19.0 Å². The van der Waals surface area contributed by atoms with E-state index in [0.29, 0.717) is 15.5 Å². The van der Waals surface area contributed by atoms with Crippen LogP contribution in [-0.2, 0) is 0 Å². The number of carbonyl (C=O) groups excluding carboxylic acids is 2. The third kappa shape index (κ3) is 3.35. The predicted octanol–water partition coefficient (Wildman–Crippen LogP) is 3.15. The summed E-state index contributed by atoms with van der Waals surface area (Å²) in [4.78, 5) is 31.8. The minimum Gasteiger partial charge on any atom is -0.354 e. The first-order chi connectivity index (χ1) is 11.5. The second kappa shape index (κ2) is 6.76. The van der Waals surface area contributed by atoms with E-state index in [1.807, 2.05) is 19.0 Å². The van der Waals surface area contributed by atoms with Gasteiger partial charge in [0.1, 0.15) is 4.83 Å². The molecule has 0 aliphatic heterocycles. The van der Waals surface area contributed by atoms with E-state index in [2.05, 4.69) is 15.8 Å². The van der Waals surface area contributed by atoms with Crippen molar-refractivity contribution in [3.63, 3.8) is 0 Å². The van der Waals surface area contributed by atoms with Crippen molar-refractivity contribution in [2.24, 2.45) is 0 Å². The summed E-state index contributed by atoms with van der Waals surface area (Å²) in [7, 11) is 3.83. The third-order valence-electron chi connectivity index (χ3n) is 3.09. The molecule has 0 aliphatic carbocycles. The summed E-state index contributed by atoms with van der Waals surface area (Å²) in [6.45, 7) is 0. The molecule has 3 aromatic rings. The first-order valence-corrected chi connectivity index (χ1v) is 8.89. The fraction of sp³-hybridized carbons (Fsp3) is 0.133. The van der Waals surface area contributed by atoms with Gasteiger partial charge >= 0.3 is 0 Å². The molecule has 0 fully saturated rings. The van der Waals surface area contributed by atoms with E-state index in [-0.39, 0.29) is 0 Å². The van der Waals surface area contributed by atoms with Gasteiger partial charge in [-0.3, -0.25) is 20.4 Å². The van der Waals surface area contributed by atoms with Gasteiger partial charge in [-0.25, -0.2) is 4.98 Å². The van der Waals surface area contributed by atoms with Crippen LogP contribution in [0.5, 0.6) is 0 Å². The number of aromatic nitrogens is 1. The molecule has 0 unspecified atom stereocenters. The lowest BCUT2D eigenvalue weighted by atomic mass is 10.2. The molecule has 0 aliphatic rings. The number of benzene rings is 1. The van der Waals surface area contributed by atoms with E-state index in [1.54, 1.807) is 30.3 Å². The zero-order chi connectivity index (χ0) is 17.3. The van der Waals surface area contributed by atoms with Crippen molar-refractivity contribution in [3.05, 3.63) is 45.8 Å². The van der Waals surface area contributed by atoms with Crippen LogP contribution in [0.25, 0.3) is 9.53 Å². The molecule has 0 radical (unpaired) electrons. The van der Waals surface area contributed by atoms with Gasteiger partial charge in [-0.15, -0.1) is 11.3 Å². The van der Waals surface area contributed by atoms with Gasteiger partial charge < -0.3 is 4.90 Å². The highest BCUT2D eigenvalue weighted by Crippen LogP contribution is 2.33. The zero-order valence-electron chi connectivity index (χ0n) is 12.8. The molecular formula is C15H13ClN4O2S2. The molecule has 3 rings (SSSR count). The number of fused-ring (bicyclic) bond motifs is 1. The molecule has 2 N–H and O–H groups in total. The quantitative estimate of drug-likeness (QED) is 0.684. The molecule has 124 valence electrons. The molecule has 0 atom stereocenters. The van der Waals surface area contributed by atoms with Crippen LogP contribution in [0.15, 0.2) is 30.3 Å². The number of hydrazine groups is 1. The van der Waals surface area contributed by atoms with Crippen LogP contribution in [0.1, 0.15) is 20.0 Å². The van der Waals surface area contributed by atoms with E-state index in [1.165, 1.54) is 22.7 Å². The summed E-state index contributed by atoms with van der Waals surface area (Å²) in [6, 6.07) is 8.38. The number of carbonyl (C=O) groups is 2. The Labute approximate surface area is 151 Å². The zero-order valence-corrected chi connectivity index (χ0v) is 15.2. The van der Waals surface area contributed by atoms with Crippen molar-refractivity contribution in [3.8, 4) is 0 Å². The lowest BCUT2D eigenvalue weighted by molar-refractivity contribution is 0.0849. The van der Waals surface area contributed by atoms with Crippen molar-refractivity contribution < 1.29 is 9.59 Å². The Morgan fingerprint density at radius 2 is 1.83 bits per heavy atom. The minimum absolute atomic E-state index is 0.295. The molecule has 1 aromatic carbocycles. The van der Waals surface area contributed by atoms with Crippen LogP contribution in [0, 0.1) is 0 Å². The average Bonchev–Trinajstić information content (AvgIpc) is 3.11. The fourth-order valence-corrected chi connectivity index (χ4v) is 4.17. The van der Waals surface area contributed by atoms with Crippen LogP contribution in [-0.4, -0.2) is 30.9 Å². The third-order valence-corrected chi connectivity index (χ3v) is 5.75.